The standard InChI is InChI=1S/C27H52O10S.Na/c1-2-3-4-5-6-7-8-9-10-11-12-13-14-15-16-18-23(28)35-19-17-20-36-27-26(31)25(30)24(29)22(37-27)21-38(32,33)34;/h22,24-27,29-31H,2-21H2,1H3,(H,32,33,34);/q;+1/p-1/t22-,24-,25+,26-,27-;/m1./s1. The number of rotatable bonds is 23. The number of carbonyl (C=O) groups is 1. The summed E-state index contributed by atoms with van der Waals surface area (Å²) in [5, 5.41) is 29.6. The van der Waals surface area contributed by atoms with E-state index in [1.54, 1.807) is 0 Å². The number of carbonyl (C=O) groups excluding carboxylic acids is 1. The summed E-state index contributed by atoms with van der Waals surface area (Å²) in [5.41, 5.74) is 0. The van der Waals surface area contributed by atoms with Crippen molar-refractivity contribution in [2.24, 2.45) is 0 Å². The molecule has 1 aliphatic rings. The van der Waals surface area contributed by atoms with E-state index in [9.17, 15) is 33.1 Å². The molecule has 0 amide bonds. The van der Waals surface area contributed by atoms with Crippen molar-refractivity contribution in [1.29, 1.82) is 0 Å². The van der Waals surface area contributed by atoms with Crippen LogP contribution in [0.3, 0.4) is 0 Å². The molecular weight excluding hydrogens is 539 g/mol. The minimum atomic E-state index is -4.72. The van der Waals surface area contributed by atoms with Gasteiger partial charge in [0.1, 0.15) is 24.4 Å². The zero-order valence-corrected chi connectivity index (χ0v) is 27.0. The topological polar surface area (TPSA) is 163 Å². The molecule has 0 unspecified atom stereocenters. The monoisotopic (exact) mass is 590 g/mol. The molecule has 0 aromatic rings. The molecule has 0 aromatic heterocycles. The fraction of sp³-hybridized carbons (Fsp3) is 0.963. The minimum Gasteiger partial charge on any atom is -0.748 e. The van der Waals surface area contributed by atoms with E-state index in [0.29, 0.717) is 12.8 Å². The van der Waals surface area contributed by atoms with Crippen LogP contribution in [0.25, 0.3) is 0 Å². The zero-order chi connectivity index (χ0) is 28.2. The maximum absolute atomic E-state index is 11.9. The molecule has 0 aromatic carbocycles. The maximum atomic E-state index is 11.9. The van der Waals surface area contributed by atoms with Gasteiger partial charge in [0, 0.05) is 12.8 Å². The summed E-state index contributed by atoms with van der Waals surface area (Å²) < 4.78 is 48.5. The molecule has 1 rings (SSSR count). The summed E-state index contributed by atoms with van der Waals surface area (Å²) in [6.45, 7) is 2.34. The van der Waals surface area contributed by atoms with Crippen LogP contribution in [0.15, 0.2) is 0 Å². The maximum Gasteiger partial charge on any atom is 1.00 e. The van der Waals surface area contributed by atoms with E-state index in [-0.39, 0.29) is 48.7 Å². The number of aliphatic hydroxyl groups excluding tert-OH is 3. The Balaban J connectivity index is 0.0000144. The van der Waals surface area contributed by atoms with Gasteiger partial charge in [0.25, 0.3) is 0 Å². The molecule has 0 spiro atoms. The Morgan fingerprint density at radius 2 is 1.23 bits per heavy atom. The number of hydrogen-bond acceptors (Lipinski definition) is 10. The van der Waals surface area contributed by atoms with E-state index >= 15 is 0 Å². The van der Waals surface area contributed by atoms with Crippen LogP contribution in [0.4, 0.5) is 0 Å². The number of hydrogen-bond donors (Lipinski definition) is 3. The van der Waals surface area contributed by atoms with E-state index < -0.39 is 46.6 Å². The Bertz CT molecular complexity index is 709. The van der Waals surface area contributed by atoms with Gasteiger partial charge in [-0.3, -0.25) is 4.79 Å². The molecule has 3 N–H and O–H groups in total. The largest absolute Gasteiger partial charge is 1.00 e. The quantitative estimate of drug-likeness (QED) is 0.0663. The average molecular weight is 591 g/mol. The smallest absolute Gasteiger partial charge is 0.748 e. The zero-order valence-electron chi connectivity index (χ0n) is 24.1. The van der Waals surface area contributed by atoms with Crippen molar-refractivity contribution in [1.82, 2.24) is 0 Å². The van der Waals surface area contributed by atoms with Gasteiger partial charge in [-0.25, -0.2) is 8.42 Å². The second-order valence-corrected chi connectivity index (χ2v) is 11.8. The first-order valence-corrected chi connectivity index (χ1v) is 16.1. The number of ether oxygens (including phenoxy) is 3. The molecule has 39 heavy (non-hydrogen) atoms. The van der Waals surface area contributed by atoms with E-state index in [1.165, 1.54) is 77.0 Å². The molecule has 0 aliphatic carbocycles. The van der Waals surface area contributed by atoms with Crippen LogP contribution >= 0.6 is 0 Å². The summed E-state index contributed by atoms with van der Waals surface area (Å²) in [6.07, 6.45) is 11.5. The second kappa shape index (κ2) is 23.7. The van der Waals surface area contributed by atoms with Gasteiger partial charge in [0.15, 0.2) is 6.29 Å². The molecule has 0 radical (unpaired) electrons. The summed E-state index contributed by atoms with van der Waals surface area (Å²) in [7, 11) is -4.72. The number of esters is 1. The van der Waals surface area contributed by atoms with Crippen LogP contribution in [-0.4, -0.2) is 83.9 Å². The van der Waals surface area contributed by atoms with Gasteiger partial charge in [0.2, 0.25) is 0 Å². The van der Waals surface area contributed by atoms with E-state index in [2.05, 4.69) is 6.92 Å². The normalized spacial score (nSPS) is 23.4. The first kappa shape index (κ1) is 39.2. The van der Waals surface area contributed by atoms with E-state index in [4.69, 9.17) is 14.2 Å². The van der Waals surface area contributed by atoms with Crippen molar-refractivity contribution >= 4 is 16.1 Å². The molecule has 1 saturated heterocycles. The van der Waals surface area contributed by atoms with Crippen LogP contribution in [0.2, 0.25) is 0 Å². The number of aliphatic hydroxyl groups is 3. The molecule has 0 saturated carbocycles. The van der Waals surface area contributed by atoms with Gasteiger partial charge in [0.05, 0.1) is 29.1 Å². The van der Waals surface area contributed by atoms with Gasteiger partial charge in [-0.05, 0) is 6.42 Å². The Morgan fingerprint density at radius 1 is 0.744 bits per heavy atom. The molecule has 12 heteroatoms. The van der Waals surface area contributed by atoms with Crippen molar-refractivity contribution in [2.45, 2.75) is 147 Å². The molecule has 0 bridgehead atoms. The Labute approximate surface area is 257 Å². The predicted molar refractivity (Wildman–Crippen MR) is 142 cm³/mol. The Morgan fingerprint density at radius 3 is 1.72 bits per heavy atom. The molecule has 1 fully saturated rings. The first-order chi connectivity index (χ1) is 18.2. The summed E-state index contributed by atoms with van der Waals surface area (Å²) >= 11 is 0. The van der Waals surface area contributed by atoms with Crippen LogP contribution in [0.1, 0.15) is 116 Å². The minimum absolute atomic E-state index is 0. The van der Waals surface area contributed by atoms with Gasteiger partial charge < -0.3 is 34.1 Å². The summed E-state index contributed by atoms with van der Waals surface area (Å²) in [5.74, 6) is -1.35. The van der Waals surface area contributed by atoms with Crippen molar-refractivity contribution < 1.29 is 76.9 Å². The van der Waals surface area contributed by atoms with Crippen LogP contribution in [-0.2, 0) is 29.1 Å². The van der Waals surface area contributed by atoms with Gasteiger partial charge in [-0.2, -0.15) is 0 Å². The Kier molecular flexibility index (Phi) is 23.8. The van der Waals surface area contributed by atoms with Crippen LogP contribution in [0, 0.1) is 0 Å². The van der Waals surface area contributed by atoms with Crippen molar-refractivity contribution in [2.75, 3.05) is 19.0 Å². The van der Waals surface area contributed by atoms with Gasteiger partial charge in [-0.1, -0.05) is 96.8 Å². The van der Waals surface area contributed by atoms with Gasteiger partial charge in [-0.15, -0.1) is 0 Å². The molecular formula is C27H51NaO10S. The SMILES string of the molecule is CCCCCCCCCCCCCCCCCC(=O)OCCCO[C@@H]1O[C@H](CS(=O)(=O)[O-])[C@@H](O)[C@H](O)[C@H]1O.[Na+]. The molecule has 1 aliphatic heterocycles. The predicted octanol–water partition coefficient (Wildman–Crippen LogP) is 0.555. The molecule has 10 nitrogen and oxygen atoms in total. The molecule has 5 atom stereocenters. The van der Waals surface area contributed by atoms with Crippen molar-refractivity contribution in [3.63, 3.8) is 0 Å². The number of unbranched alkanes of at least 4 members (excludes halogenated alkanes) is 14. The van der Waals surface area contributed by atoms with Gasteiger partial charge >= 0.3 is 35.5 Å². The third-order valence-electron chi connectivity index (χ3n) is 6.86. The average Bonchev–Trinajstić information content (AvgIpc) is 2.86. The second-order valence-electron chi connectivity index (χ2n) is 10.4. The third kappa shape index (κ3) is 19.8. The molecule has 226 valence electrons. The van der Waals surface area contributed by atoms with Crippen molar-refractivity contribution in [3.05, 3.63) is 0 Å². The Hall–Kier alpha value is 0.180. The van der Waals surface area contributed by atoms with E-state index in [0.717, 1.165) is 19.3 Å². The molecule has 1 heterocycles. The van der Waals surface area contributed by atoms with Crippen LogP contribution < -0.4 is 29.6 Å². The van der Waals surface area contributed by atoms with E-state index in [1.807, 2.05) is 0 Å². The fourth-order valence-corrected chi connectivity index (χ4v) is 5.23. The summed E-state index contributed by atoms with van der Waals surface area (Å²) in [6, 6.07) is 0. The summed E-state index contributed by atoms with van der Waals surface area (Å²) in [4.78, 5) is 11.9. The van der Waals surface area contributed by atoms with Crippen molar-refractivity contribution in [3.8, 4) is 0 Å². The first-order valence-electron chi connectivity index (χ1n) is 14.6. The fourth-order valence-electron chi connectivity index (χ4n) is 4.55. The third-order valence-corrected chi connectivity index (χ3v) is 7.59. The van der Waals surface area contributed by atoms with Crippen LogP contribution in [0.5, 0.6) is 0 Å².